The molecule has 0 heterocycles. The van der Waals surface area contributed by atoms with Gasteiger partial charge in [-0.2, -0.15) is 0 Å². The Hall–Kier alpha value is -1.06. The maximum Gasteiger partial charge on any atom is 0.307 e. The third-order valence-corrected chi connectivity index (χ3v) is 2.33. The Bertz CT molecular complexity index is 200. The Morgan fingerprint density at radius 2 is 1.71 bits per heavy atom. The highest BCUT2D eigenvalue weighted by molar-refractivity contribution is 5.79. The number of hydrogen-bond donors (Lipinski definition) is 2. The van der Waals surface area contributed by atoms with Crippen LogP contribution in [0.15, 0.2) is 0 Å². The first-order chi connectivity index (χ1) is 6.54. The minimum absolute atomic E-state index is 0.351. The van der Waals surface area contributed by atoms with Crippen LogP contribution in [0.2, 0.25) is 0 Å². The van der Waals surface area contributed by atoms with E-state index in [9.17, 15) is 9.59 Å². The first kappa shape index (κ1) is 12.9. The zero-order chi connectivity index (χ0) is 11.1. The number of hydrogen-bond acceptors (Lipinski definition) is 2. The Kier molecular flexibility index (Phi) is 5.92. The number of rotatable bonds is 7. The molecule has 0 aliphatic rings. The standard InChI is InChI=1S/C10H17O4/c1-3-5-6-8(10(13)14)7(4-2)9(11)12/h7-8H,1,3-6H2,2H3,(H,11,12)(H,13,14). The molecule has 0 spiro atoms. The molecule has 2 N–H and O–H groups in total. The lowest BCUT2D eigenvalue weighted by Crippen LogP contribution is -2.29. The van der Waals surface area contributed by atoms with Crippen LogP contribution in [0.4, 0.5) is 0 Å². The molecule has 2 unspecified atom stereocenters. The molecule has 0 rings (SSSR count). The molecule has 0 fully saturated rings. The van der Waals surface area contributed by atoms with E-state index in [1.807, 2.05) is 0 Å². The molecule has 0 bridgehead atoms. The van der Waals surface area contributed by atoms with E-state index in [1.165, 1.54) is 0 Å². The Morgan fingerprint density at radius 1 is 1.21 bits per heavy atom. The van der Waals surface area contributed by atoms with E-state index in [-0.39, 0.29) is 0 Å². The van der Waals surface area contributed by atoms with Crippen molar-refractivity contribution in [1.29, 1.82) is 0 Å². The number of aliphatic carboxylic acids is 2. The van der Waals surface area contributed by atoms with Gasteiger partial charge in [0.2, 0.25) is 0 Å². The molecular weight excluding hydrogens is 184 g/mol. The molecule has 2 atom stereocenters. The lowest BCUT2D eigenvalue weighted by Gasteiger charge is -2.18. The highest BCUT2D eigenvalue weighted by Gasteiger charge is 2.31. The summed E-state index contributed by atoms with van der Waals surface area (Å²) in [6, 6.07) is 0. The van der Waals surface area contributed by atoms with Gasteiger partial charge in [-0.3, -0.25) is 9.59 Å². The second kappa shape index (κ2) is 6.40. The summed E-state index contributed by atoms with van der Waals surface area (Å²) in [5.74, 6) is -3.60. The average Bonchev–Trinajstić information content (AvgIpc) is 2.10. The van der Waals surface area contributed by atoms with Crippen LogP contribution in [0, 0.1) is 18.8 Å². The van der Waals surface area contributed by atoms with Crippen LogP contribution in [-0.2, 0) is 9.59 Å². The second-order valence-electron chi connectivity index (χ2n) is 3.29. The Morgan fingerprint density at radius 3 is 2.00 bits per heavy atom. The summed E-state index contributed by atoms with van der Waals surface area (Å²) in [5.41, 5.74) is 0. The van der Waals surface area contributed by atoms with Gasteiger partial charge in [0, 0.05) is 0 Å². The quantitative estimate of drug-likeness (QED) is 0.658. The molecular formula is C10H17O4. The fourth-order valence-electron chi connectivity index (χ4n) is 1.49. The van der Waals surface area contributed by atoms with Crippen LogP contribution in [0.25, 0.3) is 0 Å². The average molecular weight is 201 g/mol. The van der Waals surface area contributed by atoms with E-state index < -0.39 is 23.8 Å². The fourth-order valence-corrected chi connectivity index (χ4v) is 1.49. The van der Waals surface area contributed by atoms with Crippen LogP contribution >= 0.6 is 0 Å². The van der Waals surface area contributed by atoms with E-state index in [1.54, 1.807) is 6.92 Å². The summed E-state index contributed by atoms with van der Waals surface area (Å²) in [7, 11) is 0. The number of unbranched alkanes of at least 4 members (excludes halogenated alkanes) is 1. The van der Waals surface area contributed by atoms with Crippen LogP contribution in [-0.4, -0.2) is 22.2 Å². The van der Waals surface area contributed by atoms with E-state index in [4.69, 9.17) is 10.2 Å². The molecule has 0 aromatic carbocycles. The lowest BCUT2D eigenvalue weighted by molar-refractivity contribution is -0.154. The molecule has 0 aliphatic carbocycles. The molecule has 0 aromatic rings. The summed E-state index contributed by atoms with van der Waals surface area (Å²) in [6.07, 6.45) is 2.04. The fraction of sp³-hybridized carbons (Fsp3) is 0.700. The smallest absolute Gasteiger partial charge is 0.307 e. The van der Waals surface area contributed by atoms with Gasteiger partial charge in [-0.15, -0.1) is 0 Å². The van der Waals surface area contributed by atoms with E-state index in [2.05, 4.69) is 6.92 Å². The van der Waals surface area contributed by atoms with E-state index in [0.717, 1.165) is 0 Å². The number of carboxylic acids is 2. The summed E-state index contributed by atoms with van der Waals surface area (Å²) < 4.78 is 0. The van der Waals surface area contributed by atoms with Gasteiger partial charge in [0.15, 0.2) is 0 Å². The van der Waals surface area contributed by atoms with Crippen molar-refractivity contribution in [3.63, 3.8) is 0 Å². The minimum Gasteiger partial charge on any atom is -0.481 e. The van der Waals surface area contributed by atoms with Crippen molar-refractivity contribution in [2.75, 3.05) is 0 Å². The van der Waals surface area contributed by atoms with Gasteiger partial charge in [0.1, 0.15) is 0 Å². The van der Waals surface area contributed by atoms with Gasteiger partial charge in [0.25, 0.3) is 0 Å². The van der Waals surface area contributed by atoms with Gasteiger partial charge in [0.05, 0.1) is 11.8 Å². The SMILES string of the molecule is [CH2]CCCC(C(=O)O)C(CC)C(=O)O. The summed E-state index contributed by atoms with van der Waals surface area (Å²) in [6.45, 7) is 5.30. The van der Waals surface area contributed by atoms with Crippen molar-refractivity contribution in [3.05, 3.63) is 6.92 Å². The zero-order valence-corrected chi connectivity index (χ0v) is 8.40. The molecule has 1 radical (unpaired) electrons. The number of carbonyl (C=O) groups is 2. The normalized spacial score (nSPS) is 14.7. The Balaban J connectivity index is 4.44. The highest BCUT2D eigenvalue weighted by atomic mass is 16.4. The molecule has 0 aromatic heterocycles. The van der Waals surface area contributed by atoms with E-state index >= 15 is 0 Å². The maximum absolute atomic E-state index is 10.8. The van der Waals surface area contributed by atoms with Gasteiger partial charge >= 0.3 is 11.9 Å². The third-order valence-electron chi connectivity index (χ3n) is 2.33. The lowest BCUT2D eigenvalue weighted by atomic mass is 9.86. The third kappa shape index (κ3) is 3.77. The van der Waals surface area contributed by atoms with Crippen molar-refractivity contribution >= 4 is 11.9 Å². The zero-order valence-electron chi connectivity index (χ0n) is 8.40. The molecule has 0 amide bonds. The number of carboxylic acid groups (broad SMARTS) is 2. The van der Waals surface area contributed by atoms with Gasteiger partial charge in [-0.25, -0.2) is 0 Å². The van der Waals surface area contributed by atoms with Crippen molar-refractivity contribution < 1.29 is 19.8 Å². The largest absolute Gasteiger partial charge is 0.481 e. The first-order valence-electron chi connectivity index (χ1n) is 4.79. The summed E-state index contributed by atoms with van der Waals surface area (Å²) in [5, 5.41) is 17.7. The van der Waals surface area contributed by atoms with Crippen molar-refractivity contribution in [2.45, 2.75) is 32.6 Å². The summed E-state index contributed by atoms with van der Waals surface area (Å²) in [4.78, 5) is 21.6. The van der Waals surface area contributed by atoms with Crippen molar-refractivity contribution in [1.82, 2.24) is 0 Å². The minimum atomic E-state index is -1.02. The van der Waals surface area contributed by atoms with Gasteiger partial charge in [-0.05, 0) is 12.8 Å². The molecule has 4 nitrogen and oxygen atoms in total. The molecule has 14 heavy (non-hydrogen) atoms. The summed E-state index contributed by atoms with van der Waals surface area (Å²) >= 11 is 0. The van der Waals surface area contributed by atoms with E-state index in [0.29, 0.717) is 25.7 Å². The molecule has 0 saturated carbocycles. The van der Waals surface area contributed by atoms with Gasteiger partial charge in [-0.1, -0.05) is 26.7 Å². The predicted molar refractivity (Wildman–Crippen MR) is 51.8 cm³/mol. The molecule has 81 valence electrons. The van der Waals surface area contributed by atoms with Crippen LogP contribution in [0.3, 0.4) is 0 Å². The monoisotopic (exact) mass is 201 g/mol. The maximum atomic E-state index is 10.8. The van der Waals surface area contributed by atoms with Crippen molar-refractivity contribution in [3.8, 4) is 0 Å². The predicted octanol–water partition coefficient (Wildman–Crippen LogP) is 1.80. The molecule has 4 heteroatoms. The van der Waals surface area contributed by atoms with Crippen molar-refractivity contribution in [2.24, 2.45) is 11.8 Å². The molecule has 0 saturated heterocycles. The first-order valence-corrected chi connectivity index (χ1v) is 4.79. The second-order valence-corrected chi connectivity index (χ2v) is 3.29. The molecule has 0 aliphatic heterocycles. The van der Waals surface area contributed by atoms with Crippen LogP contribution < -0.4 is 0 Å². The van der Waals surface area contributed by atoms with Crippen LogP contribution in [0.1, 0.15) is 32.6 Å². The Labute approximate surface area is 83.9 Å². The van der Waals surface area contributed by atoms with Gasteiger partial charge < -0.3 is 10.2 Å². The van der Waals surface area contributed by atoms with Crippen LogP contribution in [0.5, 0.6) is 0 Å². The highest BCUT2D eigenvalue weighted by Crippen LogP contribution is 2.22. The topological polar surface area (TPSA) is 74.6 Å².